The second kappa shape index (κ2) is 5.14. The van der Waals surface area contributed by atoms with Crippen LogP contribution in [-0.2, 0) is 6.42 Å². The summed E-state index contributed by atoms with van der Waals surface area (Å²) in [6.45, 7) is 0.189. The molecule has 0 aliphatic heterocycles. The molecular formula is C9H13ClN2O2. The van der Waals surface area contributed by atoms with Crippen LogP contribution >= 0.6 is 11.6 Å². The highest BCUT2D eigenvalue weighted by atomic mass is 35.5. The van der Waals surface area contributed by atoms with Gasteiger partial charge in [-0.15, -0.1) is 0 Å². The molecule has 0 aliphatic carbocycles. The van der Waals surface area contributed by atoms with Gasteiger partial charge in [0, 0.05) is 24.7 Å². The molecule has 0 amide bonds. The van der Waals surface area contributed by atoms with Crippen molar-refractivity contribution in [1.29, 1.82) is 0 Å². The average molecular weight is 217 g/mol. The van der Waals surface area contributed by atoms with E-state index in [4.69, 9.17) is 22.1 Å². The number of nitrogens with two attached hydrogens (primary N) is 1. The third-order valence-electron chi connectivity index (χ3n) is 1.86. The maximum absolute atomic E-state index is 9.39. The van der Waals surface area contributed by atoms with E-state index in [0.717, 1.165) is 0 Å². The van der Waals surface area contributed by atoms with Crippen molar-refractivity contribution >= 4 is 11.6 Å². The van der Waals surface area contributed by atoms with Crippen molar-refractivity contribution in [1.82, 2.24) is 4.98 Å². The van der Waals surface area contributed by atoms with E-state index in [9.17, 15) is 5.11 Å². The molecule has 4 nitrogen and oxygen atoms in total. The maximum Gasteiger partial charge on any atom is 0.217 e. The summed E-state index contributed by atoms with van der Waals surface area (Å²) in [4.78, 5) is 3.99. The zero-order valence-corrected chi connectivity index (χ0v) is 8.66. The number of hydrogen-bond donors (Lipinski definition) is 2. The Morgan fingerprint density at radius 2 is 2.43 bits per heavy atom. The largest absolute Gasteiger partial charge is 0.481 e. The molecule has 5 heteroatoms. The number of aromatic nitrogens is 1. The molecule has 1 rings (SSSR count). The summed E-state index contributed by atoms with van der Waals surface area (Å²) < 4.78 is 5.02. The van der Waals surface area contributed by atoms with Crippen LogP contribution in [0, 0.1) is 0 Å². The van der Waals surface area contributed by atoms with Crippen LogP contribution in [0.2, 0.25) is 5.02 Å². The fourth-order valence-corrected chi connectivity index (χ4v) is 1.35. The summed E-state index contributed by atoms with van der Waals surface area (Å²) in [6.07, 6.45) is 1.29. The van der Waals surface area contributed by atoms with E-state index < -0.39 is 6.10 Å². The first-order chi connectivity index (χ1) is 6.69. The summed E-state index contributed by atoms with van der Waals surface area (Å²) >= 11 is 5.94. The minimum absolute atomic E-state index is 0.189. The van der Waals surface area contributed by atoms with Gasteiger partial charge in [0.25, 0.3) is 0 Å². The van der Waals surface area contributed by atoms with Gasteiger partial charge in [0.2, 0.25) is 5.88 Å². The van der Waals surface area contributed by atoms with Gasteiger partial charge in [-0.2, -0.15) is 0 Å². The van der Waals surface area contributed by atoms with Crippen LogP contribution in [0.25, 0.3) is 0 Å². The van der Waals surface area contributed by atoms with Crippen LogP contribution in [-0.4, -0.2) is 29.8 Å². The van der Waals surface area contributed by atoms with E-state index in [-0.39, 0.29) is 6.54 Å². The van der Waals surface area contributed by atoms with Gasteiger partial charge in [-0.25, -0.2) is 4.98 Å². The van der Waals surface area contributed by atoms with E-state index in [1.807, 2.05) is 0 Å². The Balaban J connectivity index is 2.92. The lowest BCUT2D eigenvalue weighted by atomic mass is 10.1. The number of methoxy groups -OCH3 is 1. The molecule has 0 spiro atoms. The first-order valence-corrected chi connectivity index (χ1v) is 4.62. The predicted molar refractivity (Wildman–Crippen MR) is 54.6 cm³/mol. The average Bonchev–Trinajstić information content (AvgIpc) is 2.20. The van der Waals surface area contributed by atoms with Crippen LogP contribution < -0.4 is 10.5 Å². The second-order valence-electron chi connectivity index (χ2n) is 2.87. The Morgan fingerprint density at radius 1 is 1.71 bits per heavy atom. The van der Waals surface area contributed by atoms with Gasteiger partial charge in [-0.1, -0.05) is 11.6 Å². The van der Waals surface area contributed by atoms with Crippen LogP contribution in [0.5, 0.6) is 5.88 Å². The number of rotatable bonds is 4. The fraction of sp³-hybridized carbons (Fsp3) is 0.444. The highest BCUT2D eigenvalue weighted by Crippen LogP contribution is 2.24. The number of nitrogens with zero attached hydrogens (tertiary/aromatic N) is 1. The minimum atomic E-state index is -0.620. The van der Waals surface area contributed by atoms with Crippen molar-refractivity contribution in [2.24, 2.45) is 5.73 Å². The lowest BCUT2D eigenvalue weighted by Gasteiger charge is -2.11. The third-order valence-corrected chi connectivity index (χ3v) is 2.22. The predicted octanol–water partition coefficient (Wildman–Crippen LogP) is 0.606. The molecule has 14 heavy (non-hydrogen) atoms. The van der Waals surface area contributed by atoms with Crippen molar-refractivity contribution in [2.45, 2.75) is 12.5 Å². The van der Waals surface area contributed by atoms with Gasteiger partial charge in [0.1, 0.15) is 0 Å². The summed E-state index contributed by atoms with van der Waals surface area (Å²) in [5.74, 6) is 0.435. The van der Waals surface area contributed by atoms with Crippen LogP contribution in [0.3, 0.4) is 0 Å². The monoisotopic (exact) mass is 216 g/mol. The second-order valence-corrected chi connectivity index (χ2v) is 3.28. The molecule has 0 saturated carbocycles. The summed E-state index contributed by atoms with van der Waals surface area (Å²) in [6, 6.07) is 1.66. The number of hydrogen-bond acceptors (Lipinski definition) is 4. The van der Waals surface area contributed by atoms with Gasteiger partial charge >= 0.3 is 0 Å². The topological polar surface area (TPSA) is 68.4 Å². The highest BCUT2D eigenvalue weighted by Gasteiger charge is 2.12. The smallest absolute Gasteiger partial charge is 0.217 e. The molecule has 78 valence electrons. The third kappa shape index (κ3) is 2.57. The van der Waals surface area contributed by atoms with Crippen molar-refractivity contribution in [2.75, 3.05) is 13.7 Å². The number of aliphatic hydroxyl groups is 1. The standard InChI is InChI=1S/C9H13ClN2O2/c1-14-9-7(4-6(13)5-11)8(10)2-3-12-9/h2-3,6,13H,4-5,11H2,1H3. The number of pyridine rings is 1. The van der Waals surface area contributed by atoms with E-state index in [0.29, 0.717) is 22.9 Å². The molecule has 0 fully saturated rings. The van der Waals surface area contributed by atoms with E-state index in [1.54, 1.807) is 12.3 Å². The molecule has 0 radical (unpaired) electrons. The first kappa shape index (κ1) is 11.2. The number of halogens is 1. The zero-order chi connectivity index (χ0) is 10.6. The maximum atomic E-state index is 9.39. The fourth-order valence-electron chi connectivity index (χ4n) is 1.13. The summed E-state index contributed by atoms with van der Waals surface area (Å²) in [5, 5.41) is 9.92. The molecule has 1 unspecified atom stereocenters. The van der Waals surface area contributed by atoms with Crippen molar-refractivity contribution in [3.63, 3.8) is 0 Å². The lowest BCUT2D eigenvalue weighted by molar-refractivity contribution is 0.182. The summed E-state index contributed by atoms with van der Waals surface area (Å²) in [7, 11) is 1.51. The highest BCUT2D eigenvalue weighted by molar-refractivity contribution is 6.31. The molecule has 1 heterocycles. The Morgan fingerprint density at radius 3 is 3.00 bits per heavy atom. The Labute approximate surface area is 87.7 Å². The molecule has 1 aromatic heterocycles. The van der Waals surface area contributed by atoms with Crippen LogP contribution in [0.4, 0.5) is 0 Å². The van der Waals surface area contributed by atoms with E-state index in [1.165, 1.54) is 7.11 Å². The molecule has 0 aromatic carbocycles. The van der Waals surface area contributed by atoms with Crippen molar-refractivity contribution < 1.29 is 9.84 Å². The van der Waals surface area contributed by atoms with E-state index in [2.05, 4.69) is 4.98 Å². The zero-order valence-electron chi connectivity index (χ0n) is 7.90. The minimum Gasteiger partial charge on any atom is -0.481 e. The number of aliphatic hydroxyl groups excluding tert-OH is 1. The lowest BCUT2D eigenvalue weighted by Crippen LogP contribution is -2.22. The van der Waals surface area contributed by atoms with Gasteiger partial charge in [-0.05, 0) is 6.07 Å². The van der Waals surface area contributed by atoms with Crippen molar-refractivity contribution in [3.8, 4) is 5.88 Å². The Bertz CT molecular complexity index is 307. The molecule has 1 aromatic rings. The number of ether oxygens (including phenoxy) is 1. The van der Waals surface area contributed by atoms with Gasteiger partial charge < -0.3 is 15.6 Å². The van der Waals surface area contributed by atoms with Crippen LogP contribution in [0.1, 0.15) is 5.56 Å². The first-order valence-electron chi connectivity index (χ1n) is 4.24. The van der Waals surface area contributed by atoms with Gasteiger partial charge in [0.05, 0.1) is 18.2 Å². The quantitative estimate of drug-likeness (QED) is 0.774. The molecule has 0 aliphatic rings. The van der Waals surface area contributed by atoms with Gasteiger partial charge in [0.15, 0.2) is 0 Å². The normalized spacial score (nSPS) is 12.6. The van der Waals surface area contributed by atoms with E-state index >= 15 is 0 Å². The SMILES string of the molecule is COc1nccc(Cl)c1CC(O)CN. The Hall–Kier alpha value is -0.840. The molecule has 0 bridgehead atoms. The molecular weight excluding hydrogens is 204 g/mol. The Kier molecular flexibility index (Phi) is 4.13. The van der Waals surface area contributed by atoms with Gasteiger partial charge in [-0.3, -0.25) is 0 Å². The molecule has 0 saturated heterocycles. The van der Waals surface area contributed by atoms with Crippen molar-refractivity contribution in [3.05, 3.63) is 22.8 Å². The molecule has 3 N–H and O–H groups in total. The summed E-state index contributed by atoms with van der Waals surface area (Å²) in [5.41, 5.74) is 6.00. The molecule has 1 atom stereocenters. The van der Waals surface area contributed by atoms with Crippen LogP contribution in [0.15, 0.2) is 12.3 Å².